The highest BCUT2D eigenvalue weighted by atomic mass is 32.2. The lowest BCUT2D eigenvalue weighted by atomic mass is 10.0. The number of benzene rings is 3. The fraction of sp³-hybridized carbons (Fsp3) is 0.174. The molecule has 0 unspecified atom stereocenters. The van der Waals surface area contributed by atoms with Crippen LogP contribution < -0.4 is 14.8 Å². The van der Waals surface area contributed by atoms with E-state index in [0.717, 1.165) is 5.56 Å². The van der Waals surface area contributed by atoms with Crippen LogP contribution in [0.25, 0.3) is 0 Å². The van der Waals surface area contributed by atoms with Crippen LogP contribution in [0.1, 0.15) is 35.7 Å². The van der Waals surface area contributed by atoms with Crippen LogP contribution in [-0.4, -0.2) is 21.4 Å². The Morgan fingerprint density at radius 3 is 2.20 bits per heavy atom. The van der Waals surface area contributed by atoms with Crippen molar-refractivity contribution in [3.63, 3.8) is 0 Å². The predicted molar refractivity (Wildman–Crippen MR) is 119 cm³/mol. The average Bonchev–Trinajstić information content (AvgIpc) is 2.74. The highest BCUT2D eigenvalue weighted by Crippen LogP contribution is 2.29. The molecule has 6 nitrogen and oxygen atoms in total. The molecule has 3 rings (SSSR count). The van der Waals surface area contributed by atoms with Crippen molar-refractivity contribution in [2.24, 2.45) is 0 Å². The van der Waals surface area contributed by atoms with E-state index in [-0.39, 0.29) is 16.5 Å². The van der Waals surface area contributed by atoms with Crippen LogP contribution in [0.2, 0.25) is 0 Å². The third-order valence-electron chi connectivity index (χ3n) is 4.59. The molecule has 1 amide bonds. The van der Waals surface area contributed by atoms with Gasteiger partial charge in [0.05, 0.1) is 17.7 Å². The molecule has 0 spiro atoms. The van der Waals surface area contributed by atoms with Crippen LogP contribution >= 0.6 is 0 Å². The smallest absolute Gasteiger partial charge is 0.261 e. The topological polar surface area (TPSA) is 84.5 Å². The number of methoxy groups -OCH3 is 1. The van der Waals surface area contributed by atoms with Crippen molar-refractivity contribution in [3.05, 3.63) is 83.9 Å². The van der Waals surface area contributed by atoms with Gasteiger partial charge in [0, 0.05) is 11.3 Å². The Morgan fingerprint density at radius 2 is 1.60 bits per heavy atom. The molecule has 0 heterocycles. The summed E-state index contributed by atoms with van der Waals surface area (Å²) in [5, 5.41) is 2.72. The zero-order valence-corrected chi connectivity index (χ0v) is 17.9. The second-order valence-corrected chi connectivity index (χ2v) is 8.75. The van der Waals surface area contributed by atoms with Gasteiger partial charge in [-0.15, -0.1) is 0 Å². The number of nitrogens with one attached hydrogen (secondary N) is 2. The van der Waals surface area contributed by atoms with E-state index >= 15 is 0 Å². The van der Waals surface area contributed by atoms with Gasteiger partial charge in [-0.2, -0.15) is 0 Å². The maximum atomic E-state index is 12.9. The zero-order chi connectivity index (χ0) is 21.7. The van der Waals surface area contributed by atoms with E-state index in [2.05, 4.69) is 23.9 Å². The van der Waals surface area contributed by atoms with Crippen molar-refractivity contribution < 1.29 is 17.9 Å². The highest BCUT2D eigenvalue weighted by Gasteiger charge is 2.18. The summed E-state index contributed by atoms with van der Waals surface area (Å²) in [6, 6.07) is 20.2. The van der Waals surface area contributed by atoms with E-state index in [1.54, 1.807) is 36.4 Å². The van der Waals surface area contributed by atoms with Crippen molar-refractivity contribution in [1.82, 2.24) is 0 Å². The van der Waals surface area contributed by atoms with Crippen LogP contribution in [0.5, 0.6) is 5.75 Å². The minimum atomic E-state index is -3.85. The number of hydrogen-bond donors (Lipinski definition) is 2. The summed E-state index contributed by atoms with van der Waals surface area (Å²) in [5.41, 5.74) is 2.30. The lowest BCUT2D eigenvalue weighted by Crippen LogP contribution is -2.15. The summed E-state index contributed by atoms with van der Waals surface area (Å²) in [6.45, 7) is 4.14. The fourth-order valence-electron chi connectivity index (χ4n) is 2.89. The Kier molecular flexibility index (Phi) is 6.42. The van der Waals surface area contributed by atoms with E-state index in [1.807, 2.05) is 18.2 Å². The van der Waals surface area contributed by atoms with Crippen molar-refractivity contribution in [2.75, 3.05) is 17.1 Å². The third kappa shape index (κ3) is 4.99. The van der Waals surface area contributed by atoms with Gasteiger partial charge in [-0.3, -0.25) is 9.52 Å². The van der Waals surface area contributed by atoms with E-state index < -0.39 is 10.0 Å². The maximum absolute atomic E-state index is 12.9. The van der Waals surface area contributed by atoms with E-state index in [0.29, 0.717) is 22.9 Å². The van der Waals surface area contributed by atoms with Crippen molar-refractivity contribution in [1.29, 1.82) is 0 Å². The van der Waals surface area contributed by atoms with Crippen molar-refractivity contribution in [3.8, 4) is 5.75 Å². The van der Waals surface area contributed by atoms with E-state index in [1.165, 1.54) is 25.3 Å². The fourth-order valence-corrected chi connectivity index (χ4v) is 3.97. The molecule has 0 aliphatic rings. The van der Waals surface area contributed by atoms with Gasteiger partial charge < -0.3 is 10.1 Å². The molecular weight excluding hydrogens is 400 g/mol. The quantitative estimate of drug-likeness (QED) is 0.567. The minimum absolute atomic E-state index is 0.0135. The molecule has 0 aliphatic heterocycles. The summed E-state index contributed by atoms with van der Waals surface area (Å²) in [4.78, 5) is 12.5. The van der Waals surface area contributed by atoms with Gasteiger partial charge in [0.1, 0.15) is 5.75 Å². The first-order valence-corrected chi connectivity index (χ1v) is 11.0. The maximum Gasteiger partial charge on any atom is 0.261 e. The van der Waals surface area contributed by atoms with Gasteiger partial charge in [0.2, 0.25) is 0 Å². The summed E-state index contributed by atoms with van der Waals surface area (Å²) in [7, 11) is -2.40. The number of sulfonamides is 1. The molecule has 0 atom stereocenters. The molecule has 2 N–H and O–H groups in total. The summed E-state index contributed by atoms with van der Waals surface area (Å²) in [5.74, 6) is 0.355. The standard InChI is InChI=1S/C23H24N2O4S/c1-16(2)17-9-11-19(12-10-17)25-30(27,28)20-13-14-22(29-3)21(15-20)24-23(26)18-7-5-4-6-8-18/h4-16,25H,1-3H3,(H,24,26). The van der Waals surface area contributed by atoms with Crippen LogP contribution in [0.4, 0.5) is 11.4 Å². The normalized spacial score (nSPS) is 11.2. The Labute approximate surface area is 177 Å². The number of amides is 1. The average molecular weight is 425 g/mol. The van der Waals surface area contributed by atoms with Crippen molar-refractivity contribution >= 4 is 27.3 Å². The summed E-state index contributed by atoms with van der Waals surface area (Å²) >= 11 is 0. The Bertz CT molecular complexity index is 1130. The number of carbonyl (C=O) groups excluding carboxylic acids is 1. The highest BCUT2D eigenvalue weighted by molar-refractivity contribution is 7.92. The molecule has 3 aromatic rings. The lowest BCUT2D eigenvalue weighted by molar-refractivity contribution is 0.102. The van der Waals surface area contributed by atoms with Crippen LogP contribution in [0.15, 0.2) is 77.7 Å². The molecule has 0 saturated heterocycles. The van der Waals surface area contributed by atoms with Crippen LogP contribution in [0.3, 0.4) is 0 Å². The monoisotopic (exact) mass is 424 g/mol. The Hall–Kier alpha value is -3.32. The number of anilines is 2. The molecule has 0 aliphatic carbocycles. The number of hydrogen-bond acceptors (Lipinski definition) is 4. The van der Waals surface area contributed by atoms with Gasteiger partial charge >= 0.3 is 0 Å². The van der Waals surface area contributed by atoms with Gasteiger partial charge in [0.25, 0.3) is 15.9 Å². The van der Waals surface area contributed by atoms with E-state index in [9.17, 15) is 13.2 Å². The number of carbonyl (C=O) groups is 1. The van der Waals surface area contributed by atoms with E-state index in [4.69, 9.17) is 4.74 Å². The minimum Gasteiger partial charge on any atom is -0.495 e. The Balaban J connectivity index is 1.86. The van der Waals surface area contributed by atoms with Gasteiger partial charge in [-0.05, 0) is 53.9 Å². The first-order valence-electron chi connectivity index (χ1n) is 9.47. The van der Waals surface area contributed by atoms with Crippen molar-refractivity contribution in [2.45, 2.75) is 24.7 Å². The number of rotatable bonds is 7. The van der Waals surface area contributed by atoms with Gasteiger partial charge in [-0.25, -0.2) is 8.42 Å². The lowest BCUT2D eigenvalue weighted by Gasteiger charge is -2.14. The molecule has 156 valence electrons. The third-order valence-corrected chi connectivity index (χ3v) is 5.97. The molecule has 0 saturated carbocycles. The molecule has 0 aromatic heterocycles. The second-order valence-electron chi connectivity index (χ2n) is 7.06. The largest absolute Gasteiger partial charge is 0.495 e. The number of ether oxygens (including phenoxy) is 1. The molecular formula is C23H24N2O4S. The second kappa shape index (κ2) is 9.00. The Morgan fingerprint density at radius 1 is 0.933 bits per heavy atom. The molecule has 7 heteroatoms. The molecule has 0 radical (unpaired) electrons. The predicted octanol–water partition coefficient (Wildman–Crippen LogP) is 4.87. The first-order chi connectivity index (χ1) is 14.3. The molecule has 0 fully saturated rings. The first kappa shape index (κ1) is 21.4. The molecule has 30 heavy (non-hydrogen) atoms. The SMILES string of the molecule is COc1ccc(S(=O)(=O)Nc2ccc(C(C)C)cc2)cc1NC(=O)c1ccccc1. The van der Waals surface area contributed by atoms with Crippen LogP contribution in [-0.2, 0) is 10.0 Å². The zero-order valence-electron chi connectivity index (χ0n) is 17.0. The van der Waals surface area contributed by atoms with Gasteiger partial charge in [0.15, 0.2) is 0 Å². The summed E-state index contributed by atoms with van der Waals surface area (Å²) < 4.78 is 33.6. The van der Waals surface area contributed by atoms with Crippen LogP contribution in [0, 0.1) is 0 Å². The molecule has 0 bridgehead atoms. The summed E-state index contributed by atoms with van der Waals surface area (Å²) in [6.07, 6.45) is 0. The molecule has 3 aromatic carbocycles. The van der Waals surface area contributed by atoms with Gasteiger partial charge in [-0.1, -0.05) is 44.2 Å².